The van der Waals surface area contributed by atoms with E-state index in [1.54, 1.807) is 0 Å². The van der Waals surface area contributed by atoms with Crippen molar-refractivity contribution in [1.29, 1.82) is 0 Å². The minimum atomic E-state index is 0.272. The number of nitrogens with one attached hydrogen (secondary N) is 1. The zero-order valence-corrected chi connectivity index (χ0v) is 11.1. The van der Waals surface area contributed by atoms with E-state index in [4.69, 9.17) is 4.74 Å². The van der Waals surface area contributed by atoms with Crippen LogP contribution in [-0.2, 0) is 17.9 Å². The van der Waals surface area contributed by atoms with E-state index in [2.05, 4.69) is 39.4 Å². The molecule has 0 aliphatic carbocycles. The minimum Gasteiger partial charge on any atom is -0.374 e. The molecule has 2 nitrogen and oxygen atoms in total. The number of hydrogen-bond acceptors (Lipinski definition) is 2. The van der Waals surface area contributed by atoms with Gasteiger partial charge in [-0.2, -0.15) is 0 Å². The first-order chi connectivity index (χ1) is 7.13. The van der Waals surface area contributed by atoms with E-state index in [1.807, 2.05) is 20.9 Å². The zero-order valence-electron chi connectivity index (χ0n) is 9.51. The van der Waals surface area contributed by atoms with Crippen LogP contribution in [0.2, 0.25) is 0 Å². The van der Waals surface area contributed by atoms with Crippen LogP contribution in [0, 0.1) is 0 Å². The van der Waals surface area contributed by atoms with Crippen molar-refractivity contribution >= 4 is 15.9 Å². The predicted octanol–water partition coefficient (Wildman–Crippen LogP) is 3.09. The van der Waals surface area contributed by atoms with Gasteiger partial charge in [0.2, 0.25) is 0 Å². The molecule has 0 spiro atoms. The topological polar surface area (TPSA) is 21.3 Å². The van der Waals surface area contributed by atoms with Crippen LogP contribution in [0.25, 0.3) is 0 Å². The van der Waals surface area contributed by atoms with Crippen LogP contribution >= 0.6 is 15.9 Å². The summed E-state index contributed by atoms with van der Waals surface area (Å²) in [7, 11) is 1.95. The Balaban J connectivity index is 2.66. The summed E-state index contributed by atoms with van der Waals surface area (Å²) in [6.07, 6.45) is 0.272. The second kappa shape index (κ2) is 6.26. The lowest BCUT2D eigenvalue weighted by Gasteiger charge is -2.10. The molecule has 0 aliphatic rings. The molecule has 0 unspecified atom stereocenters. The summed E-state index contributed by atoms with van der Waals surface area (Å²) in [5, 5.41) is 3.13. The minimum absolute atomic E-state index is 0.272. The van der Waals surface area contributed by atoms with E-state index < -0.39 is 0 Å². The van der Waals surface area contributed by atoms with Gasteiger partial charge in [-0.1, -0.05) is 28.1 Å². The summed E-state index contributed by atoms with van der Waals surface area (Å²) in [5.74, 6) is 0. The maximum absolute atomic E-state index is 5.56. The third-order valence-corrected chi connectivity index (χ3v) is 2.81. The smallest absolute Gasteiger partial charge is 0.0731 e. The molecule has 0 aromatic heterocycles. The first-order valence-corrected chi connectivity index (χ1v) is 5.96. The summed E-state index contributed by atoms with van der Waals surface area (Å²) in [4.78, 5) is 0. The van der Waals surface area contributed by atoms with Crippen molar-refractivity contribution in [3.63, 3.8) is 0 Å². The van der Waals surface area contributed by atoms with Crippen molar-refractivity contribution in [3.8, 4) is 0 Å². The largest absolute Gasteiger partial charge is 0.374 e. The van der Waals surface area contributed by atoms with Crippen molar-refractivity contribution in [2.45, 2.75) is 33.1 Å². The molecule has 0 saturated carbocycles. The van der Waals surface area contributed by atoms with Crippen LogP contribution in [0.4, 0.5) is 0 Å². The molecule has 0 aliphatic heterocycles. The maximum Gasteiger partial charge on any atom is 0.0731 e. The number of ether oxygens (including phenoxy) is 1. The van der Waals surface area contributed by atoms with Gasteiger partial charge < -0.3 is 10.1 Å². The van der Waals surface area contributed by atoms with Gasteiger partial charge in [0, 0.05) is 11.0 Å². The van der Waals surface area contributed by atoms with Gasteiger partial charge in [-0.25, -0.2) is 0 Å². The number of halogens is 1. The normalized spacial score (nSPS) is 11.0. The SMILES string of the molecule is CNCc1ccc(COC(C)C)c(Br)c1. The Labute approximate surface area is 100 Å². The molecule has 0 amide bonds. The molecule has 0 heterocycles. The lowest BCUT2D eigenvalue weighted by molar-refractivity contribution is 0.0653. The molecule has 1 N–H and O–H groups in total. The van der Waals surface area contributed by atoms with Crippen LogP contribution < -0.4 is 5.32 Å². The van der Waals surface area contributed by atoms with Gasteiger partial charge in [0.1, 0.15) is 0 Å². The van der Waals surface area contributed by atoms with Crippen LogP contribution in [0.5, 0.6) is 0 Å². The van der Waals surface area contributed by atoms with E-state index in [1.165, 1.54) is 11.1 Å². The van der Waals surface area contributed by atoms with Crippen LogP contribution in [0.15, 0.2) is 22.7 Å². The number of rotatable bonds is 5. The lowest BCUT2D eigenvalue weighted by atomic mass is 10.1. The predicted molar refractivity (Wildman–Crippen MR) is 66.8 cm³/mol. The zero-order chi connectivity index (χ0) is 11.3. The third kappa shape index (κ3) is 4.33. The summed E-state index contributed by atoms with van der Waals surface area (Å²) in [6.45, 7) is 5.65. The fraction of sp³-hybridized carbons (Fsp3) is 0.500. The molecule has 1 aromatic rings. The summed E-state index contributed by atoms with van der Waals surface area (Å²) in [5.41, 5.74) is 2.47. The van der Waals surface area contributed by atoms with Gasteiger partial charge >= 0.3 is 0 Å². The van der Waals surface area contributed by atoms with E-state index >= 15 is 0 Å². The standard InChI is InChI=1S/C12H18BrNO/c1-9(2)15-8-11-5-4-10(7-14-3)6-12(11)13/h4-6,9,14H,7-8H2,1-3H3. The molecule has 3 heteroatoms. The maximum atomic E-state index is 5.56. The molecule has 0 atom stereocenters. The highest BCUT2D eigenvalue weighted by atomic mass is 79.9. The average molecular weight is 272 g/mol. The van der Waals surface area contributed by atoms with Gasteiger partial charge in [-0.3, -0.25) is 0 Å². The van der Waals surface area contributed by atoms with Gasteiger partial charge in [0.05, 0.1) is 12.7 Å². The van der Waals surface area contributed by atoms with E-state index in [0.717, 1.165) is 11.0 Å². The third-order valence-electron chi connectivity index (χ3n) is 2.07. The Bertz CT molecular complexity index is 312. The molecule has 15 heavy (non-hydrogen) atoms. The van der Waals surface area contributed by atoms with Crippen molar-refractivity contribution in [2.24, 2.45) is 0 Å². The Kier molecular flexibility index (Phi) is 5.29. The first kappa shape index (κ1) is 12.7. The van der Waals surface area contributed by atoms with Gasteiger partial charge in [0.25, 0.3) is 0 Å². The average Bonchev–Trinajstić information content (AvgIpc) is 2.17. The number of hydrogen-bond donors (Lipinski definition) is 1. The quantitative estimate of drug-likeness (QED) is 0.889. The van der Waals surface area contributed by atoms with Crippen LogP contribution in [0.1, 0.15) is 25.0 Å². The van der Waals surface area contributed by atoms with Crippen molar-refractivity contribution in [3.05, 3.63) is 33.8 Å². The van der Waals surface area contributed by atoms with E-state index in [9.17, 15) is 0 Å². The molecule has 0 fully saturated rings. The van der Waals surface area contributed by atoms with Crippen molar-refractivity contribution in [2.75, 3.05) is 7.05 Å². The molecule has 1 aromatic carbocycles. The number of benzene rings is 1. The Morgan fingerprint density at radius 1 is 1.40 bits per heavy atom. The molecular formula is C12H18BrNO. The van der Waals surface area contributed by atoms with Crippen LogP contribution in [0.3, 0.4) is 0 Å². The Morgan fingerprint density at radius 2 is 2.13 bits per heavy atom. The van der Waals surface area contributed by atoms with E-state index in [-0.39, 0.29) is 6.10 Å². The van der Waals surface area contributed by atoms with E-state index in [0.29, 0.717) is 6.61 Å². The fourth-order valence-electron chi connectivity index (χ4n) is 1.28. The van der Waals surface area contributed by atoms with Crippen molar-refractivity contribution in [1.82, 2.24) is 5.32 Å². The molecular weight excluding hydrogens is 254 g/mol. The molecule has 0 bridgehead atoms. The second-order valence-corrected chi connectivity index (χ2v) is 4.67. The molecule has 0 radical (unpaired) electrons. The highest BCUT2D eigenvalue weighted by Gasteiger charge is 2.02. The molecule has 84 valence electrons. The van der Waals surface area contributed by atoms with Crippen LogP contribution in [-0.4, -0.2) is 13.2 Å². The summed E-state index contributed by atoms with van der Waals surface area (Å²) >= 11 is 3.56. The Hall–Kier alpha value is -0.380. The second-order valence-electron chi connectivity index (χ2n) is 3.82. The van der Waals surface area contributed by atoms with Gasteiger partial charge in [-0.15, -0.1) is 0 Å². The molecule has 1 rings (SSSR count). The highest BCUT2D eigenvalue weighted by molar-refractivity contribution is 9.10. The van der Waals surface area contributed by atoms with Gasteiger partial charge in [-0.05, 0) is 38.1 Å². The first-order valence-electron chi connectivity index (χ1n) is 5.17. The highest BCUT2D eigenvalue weighted by Crippen LogP contribution is 2.20. The molecule has 0 saturated heterocycles. The monoisotopic (exact) mass is 271 g/mol. The summed E-state index contributed by atoms with van der Waals surface area (Å²) < 4.78 is 6.68. The fourth-order valence-corrected chi connectivity index (χ4v) is 1.82. The van der Waals surface area contributed by atoms with Gasteiger partial charge in [0.15, 0.2) is 0 Å². The summed E-state index contributed by atoms with van der Waals surface area (Å²) in [6, 6.07) is 6.37. The van der Waals surface area contributed by atoms with Crippen molar-refractivity contribution < 1.29 is 4.74 Å². The Morgan fingerprint density at radius 3 is 2.67 bits per heavy atom. The lowest BCUT2D eigenvalue weighted by Crippen LogP contribution is -2.06.